The number of rotatable bonds is 6. The number of nitrogens with two attached hydrogens (primary N) is 1. The minimum Gasteiger partial charge on any atom is -0.370 e. The molecule has 1 heterocycles. The first-order valence-electron chi connectivity index (χ1n) is 7.59. The van der Waals surface area contributed by atoms with Gasteiger partial charge in [0.1, 0.15) is 0 Å². The first kappa shape index (κ1) is 19.0. The van der Waals surface area contributed by atoms with Gasteiger partial charge in [0.15, 0.2) is 5.96 Å². The summed E-state index contributed by atoms with van der Waals surface area (Å²) < 4.78 is 26.3. The lowest BCUT2D eigenvalue weighted by Crippen LogP contribution is -2.41. The van der Waals surface area contributed by atoms with Crippen LogP contribution in [0.25, 0.3) is 0 Å². The van der Waals surface area contributed by atoms with Crippen molar-refractivity contribution in [2.24, 2.45) is 16.6 Å². The van der Waals surface area contributed by atoms with Crippen molar-refractivity contribution in [3.8, 4) is 0 Å². The van der Waals surface area contributed by atoms with E-state index in [4.69, 9.17) is 5.73 Å². The number of nitrogens with zero attached hydrogens (tertiary/aromatic N) is 2. The molecule has 2 aliphatic rings. The van der Waals surface area contributed by atoms with Crippen LogP contribution in [-0.2, 0) is 10.0 Å². The maximum atomic E-state index is 11.8. The highest BCUT2D eigenvalue weighted by molar-refractivity contribution is 14.0. The van der Waals surface area contributed by atoms with Gasteiger partial charge in [-0.3, -0.25) is 4.99 Å². The van der Waals surface area contributed by atoms with Gasteiger partial charge in [-0.25, -0.2) is 13.1 Å². The van der Waals surface area contributed by atoms with Crippen molar-refractivity contribution < 1.29 is 8.42 Å². The molecule has 3 N–H and O–H groups in total. The van der Waals surface area contributed by atoms with Crippen molar-refractivity contribution in [1.29, 1.82) is 0 Å². The number of halogens is 1. The summed E-state index contributed by atoms with van der Waals surface area (Å²) in [4.78, 5) is 6.24. The Kier molecular flexibility index (Phi) is 8.25. The lowest BCUT2D eigenvalue weighted by atomic mass is 9.86. The van der Waals surface area contributed by atoms with Gasteiger partial charge in [0.2, 0.25) is 10.0 Å². The van der Waals surface area contributed by atoms with Crippen LogP contribution < -0.4 is 10.5 Å². The van der Waals surface area contributed by atoms with Gasteiger partial charge in [-0.1, -0.05) is 6.42 Å². The molecule has 1 aliphatic carbocycles. The summed E-state index contributed by atoms with van der Waals surface area (Å²) in [5.74, 6) is 1.04. The fourth-order valence-corrected chi connectivity index (χ4v) is 3.48. The molecule has 0 radical (unpaired) electrons. The maximum absolute atomic E-state index is 11.8. The summed E-state index contributed by atoms with van der Waals surface area (Å²) in [6, 6.07) is 0. The Balaban J connectivity index is 0.00000220. The van der Waals surface area contributed by atoms with Gasteiger partial charge in [-0.05, 0) is 38.0 Å². The first-order valence-corrected chi connectivity index (χ1v) is 9.24. The zero-order valence-electron chi connectivity index (χ0n) is 12.5. The molecular weight excluding hydrogens is 403 g/mol. The highest BCUT2D eigenvalue weighted by atomic mass is 127. The van der Waals surface area contributed by atoms with Crippen LogP contribution in [-0.4, -0.2) is 51.2 Å². The molecule has 6 nitrogen and oxygen atoms in total. The molecular formula is C13H27IN4O2S. The Morgan fingerprint density at radius 1 is 1.19 bits per heavy atom. The van der Waals surface area contributed by atoms with Crippen LogP contribution in [0.3, 0.4) is 0 Å². The number of sulfonamides is 1. The van der Waals surface area contributed by atoms with E-state index in [1.54, 1.807) is 0 Å². The van der Waals surface area contributed by atoms with Crippen LogP contribution in [0.4, 0.5) is 0 Å². The summed E-state index contributed by atoms with van der Waals surface area (Å²) in [6.07, 6.45) is 7.02. The molecule has 0 atom stereocenters. The molecule has 0 aromatic rings. The van der Waals surface area contributed by atoms with E-state index in [1.165, 1.54) is 12.8 Å². The molecule has 1 aliphatic heterocycles. The normalized spacial score (nSPS) is 20.8. The van der Waals surface area contributed by atoms with E-state index >= 15 is 0 Å². The third kappa shape index (κ3) is 6.68. The molecule has 0 aromatic carbocycles. The van der Waals surface area contributed by atoms with Gasteiger partial charge >= 0.3 is 0 Å². The van der Waals surface area contributed by atoms with Gasteiger partial charge in [-0.15, -0.1) is 24.0 Å². The van der Waals surface area contributed by atoms with Crippen LogP contribution in [0.1, 0.15) is 38.5 Å². The monoisotopic (exact) mass is 430 g/mol. The van der Waals surface area contributed by atoms with E-state index in [0.29, 0.717) is 18.4 Å². The molecule has 8 heteroatoms. The average Bonchev–Trinajstić information content (AvgIpc) is 2.37. The van der Waals surface area contributed by atoms with Gasteiger partial charge in [-0.2, -0.15) is 0 Å². The van der Waals surface area contributed by atoms with E-state index in [-0.39, 0.29) is 36.3 Å². The van der Waals surface area contributed by atoms with E-state index in [1.807, 2.05) is 4.90 Å². The van der Waals surface area contributed by atoms with Crippen LogP contribution in [0, 0.1) is 5.92 Å². The third-order valence-electron chi connectivity index (χ3n) is 4.13. The SMILES string of the molecule is I.NC(=NCCS(=O)(=O)NCC1CCC1)N1CCCCC1. The average molecular weight is 430 g/mol. The highest BCUT2D eigenvalue weighted by Gasteiger charge is 2.20. The summed E-state index contributed by atoms with van der Waals surface area (Å²) in [5, 5.41) is 0. The predicted octanol–water partition coefficient (Wildman–Crippen LogP) is 1.12. The van der Waals surface area contributed by atoms with Gasteiger partial charge in [0.05, 0.1) is 12.3 Å². The summed E-state index contributed by atoms with van der Waals surface area (Å²) in [5.41, 5.74) is 5.89. The molecule has 124 valence electrons. The first-order chi connectivity index (χ1) is 9.57. The van der Waals surface area contributed by atoms with E-state index in [9.17, 15) is 8.42 Å². The molecule has 0 unspecified atom stereocenters. The van der Waals surface area contributed by atoms with Crippen molar-refractivity contribution in [1.82, 2.24) is 9.62 Å². The van der Waals surface area contributed by atoms with E-state index in [2.05, 4.69) is 9.71 Å². The lowest BCUT2D eigenvalue weighted by Gasteiger charge is -2.27. The van der Waals surface area contributed by atoms with Crippen molar-refractivity contribution in [2.75, 3.05) is 31.9 Å². The molecule has 0 bridgehead atoms. The second-order valence-corrected chi connectivity index (χ2v) is 7.68. The standard InChI is InChI=1S/C13H26N4O2S.HI/c14-13(17-8-2-1-3-9-17)15-7-10-20(18,19)16-11-12-5-4-6-12;/h12,16H,1-11H2,(H2,14,15);1H. The molecule has 0 spiro atoms. The van der Waals surface area contributed by atoms with Crippen molar-refractivity contribution in [3.63, 3.8) is 0 Å². The predicted molar refractivity (Wildman–Crippen MR) is 96.5 cm³/mol. The fraction of sp³-hybridized carbons (Fsp3) is 0.923. The van der Waals surface area contributed by atoms with Crippen LogP contribution >= 0.6 is 24.0 Å². The van der Waals surface area contributed by atoms with Crippen LogP contribution in [0.5, 0.6) is 0 Å². The number of likely N-dealkylation sites (tertiary alicyclic amines) is 1. The van der Waals surface area contributed by atoms with Crippen molar-refractivity contribution in [2.45, 2.75) is 38.5 Å². The Morgan fingerprint density at radius 3 is 2.43 bits per heavy atom. The zero-order chi connectivity index (χ0) is 14.4. The fourth-order valence-electron chi connectivity index (χ4n) is 2.52. The second-order valence-electron chi connectivity index (χ2n) is 5.75. The smallest absolute Gasteiger partial charge is 0.213 e. The number of guanidine groups is 1. The number of aliphatic imine (C=N–C) groups is 1. The van der Waals surface area contributed by atoms with Crippen LogP contribution in [0.15, 0.2) is 4.99 Å². The lowest BCUT2D eigenvalue weighted by molar-refractivity contribution is 0.316. The molecule has 2 rings (SSSR count). The Bertz CT molecular complexity index is 431. The molecule has 2 fully saturated rings. The zero-order valence-corrected chi connectivity index (χ0v) is 15.6. The minimum absolute atomic E-state index is 0. The van der Waals surface area contributed by atoms with Gasteiger partial charge in [0.25, 0.3) is 0 Å². The molecule has 0 amide bonds. The minimum atomic E-state index is -3.21. The second kappa shape index (κ2) is 9.14. The third-order valence-corrected chi connectivity index (χ3v) is 5.46. The summed E-state index contributed by atoms with van der Waals surface area (Å²) >= 11 is 0. The van der Waals surface area contributed by atoms with E-state index < -0.39 is 10.0 Å². The van der Waals surface area contributed by atoms with Crippen LogP contribution in [0.2, 0.25) is 0 Å². The molecule has 1 saturated carbocycles. The Morgan fingerprint density at radius 2 is 1.86 bits per heavy atom. The maximum Gasteiger partial charge on any atom is 0.213 e. The molecule has 21 heavy (non-hydrogen) atoms. The molecule has 1 saturated heterocycles. The number of hydrogen-bond acceptors (Lipinski definition) is 3. The number of hydrogen-bond donors (Lipinski definition) is 2. The number of piperidine rings is 1. The Hall–Kier alpha value is -0.0900. The summed E-state index contributed by atoms with van der Waals surface area (Å²) in [7, 11) is -3.21. The largest absolute Gasteiger partial charge is 0.370 e. The highest BCUT2D eigenvalue weighted by Crippen LogP contribution is 2.25. The van der Waals surface area contributed by atoms with Gasteiger partial charge in [0, 0.05) is 19.6 Å². The summed E-state index contributed by atoms with van der Waals surface area (Å²) in [6.45, 7) is 2.68. The van der Waals surface area contributed by atoms with Gasteiger partial charge < -0.3 is 10.6 Å². The number of nitrogens with one attached hydrogen (secondary N) is 1. The van der Waals surface area contributed by atoms with Crippen molar-refractivity contribution in [3.05, 3.63) is 0 Å². The topological polar surface area (TPSA) is 87.8 Å². The molecule has 0 aromatic heterocycles. The quantitative estimate of drug-likeness (QED) is 0.376. The van der Waals surface area contributed by atoms with Crippen molar-refractivity contribution >= 4 is 40.0 Å². The van der Waals surface area contributed by atoms with E-state index in [0.717, 1.165) is 38.8 Å². The Labute approximate surface area is 145 Å².